The number of halogens is 1. The van der Waals surface area contributed by atoms with Gasteiger partial charge in [-0.2, -0.15) is 0 Å². The van der Waals surface area contributed by atoms with Crippen LogP contribution in [0.15, 0.2) is 40.2 Å². The Bertz CT molecular complexity index is 972. The zero-order valence-corrected chi connectivity index (χ0v) is 19.2. The molecule has 0 bridgehead atoms. The minimum absolute atomic E-state index is 0.0921. The summed E-state index contributed by atoms with van der Waals surface area (Å²) in [5.74, 6) is -0.0921. The van der Waals surface area contributed by atoms with Gasteiger partial charge in [0.05, 0.1) is 10.5 Å². The van der Waals surface area contributed by atoms with E-state index < -0.39 is 5.54 Å². The maximum absolute atomic E-state index is 13.4. The number of urea groups is 1. The van der Waals surface area contributed by atoms with Gasteiger partial charge in [-0.05, 0) is 58.5 Å². The van der Waals surface area contributed by atoms with E-state index in [4.69, 9.17) is 0 Å². The number of hydrogen-bond donors (Lipinski definition) is 1. The monoisotopic (exact) mass is 488 g/mol. The molecule has 6 nitrogen and oxygen atoms in total. The third kappa shape index (κ3) is 3.60. The molecular formula is C22H25BrN4O2S. The Hall–Kier alpha value is -1.74. The number of nitrogens with zero attached hydrogens (tertiary/aromatic N) is 3. The van der Waals surface area contributed by atoms with Crippen molar-refractivity contribution in [1.29, 1.82) is 0 Å². The summed E-state index contributed by atoms with van der Waals surface area (Å²) in [6.07, 6.45) is 2.55. The molecule has 3 aliphatic rings. The summed E-state index contributed by atoms with van der Waals surface area (Å²) in [4.78, 5) is 33.7. The lowest BCUT2D eigenvalue weighted by atomic mass is 9.76. The summed E-state index contributed by atoms with van der Waals surface area (Å²) in [7, 11) is 0. The zero-order valence-electron chi connectivity index (χ0n) is 16.8. The highest BCUT2D eigenvalue weighted by Crippen LogP contribution is 2.40. The second-order valence-electron chi connectivity index (χ2n) is 8.32. The molecular weight excluding hydrogens is 464 g/mol. The van der Waals surface area contributed by atoms with Crippen molar-refractivity contribution in [3.63, 3.8) is 0 Å². The van der Waals surface area contributed by atoms with Crippen LogP contribution in [0.4, 0.5) is 4.79 Å². The van der Waals surface area contributed by atoms with E-state index in [2.05, 4.69) is 49.2 Å². The molecule has 1 aliphatic carbocycles. The fourth-order valence-corrected chi connectivity index (χ4v) is 6.41. The molecule has 2 saturated heterocycles. The zero-order chi connectivity index (χ0) is 20.7. The molecule has 158 valence electrons. The summed E-state index contributed by atoms with van der Waals surface area (Å²) in [6.45, 7) is 4.90. The number of thiophene rings is 1. The van der Waals surface area contributed by atoms with Gasteiger partial charge >= 0.3 is 6.03 Å². The number of piperazine rings is 1. The Morgan fingerprint density at radius 1 is 1.03 bits per heavy atom. The maximum atomic E-state index is 13.4. The van der Waals surface area contributed by atoms with Crippen molar-refractivity contribution >= 4 is 39.2 Å². The number of carbonyl (C=O) groups excluding carboxylic acids is 2. The molecule has 3 amide bonds. The van der Waals surface area contributed by atoms with E-state index in [1.165, 1.54) is 15.3 Å². The highest BCUT2D eigenvalue weighted by Gasteiger charge is 2.54. The normalized spacial score (nSPS) is 25.0. The largest absolute Gasteiger partial charge is 0.326 e. The van der Waals surface area contributed by atoms with Crippen molar-refractivity contribution in [1.82, 2.24) is 20.0 Å². The lowest BCUT2D eigenvalue weighted by molar-refractivity contribution is -0.134. The van der Waals surface area contributed by atoms with E-state index in [0.29, 0.717) is 13.1 Å². The number of imide groups is 1. The first-order chi connectivity index (χ1) is 14.5. The van der Waals surface area contributed by atoms with Gasteiger partial charge in [-0.1, -0.05) is 24.3 Å². The molecule has 0 radical (unpaired) electrons. The summed E-state index contributed by atoms with van der Waals surface area (Å²) < 4.78 is 1.16. The van der Waals surface area contributed by atoms with E-state index in [9.17, 15) is 9.59 Å². The summed E-state index contributed by atoms with van der Waals surface area (Å²) in [5, 5.41) is 3.06. The molecule has 3 heterocycles. The van der Waals surface area contributed by atoms with Gasteiger partial charge in [0.15, 0.2) is 0 Å². The average Bonchev–Trinajstić information content (AvgIpc) is 3.26. The van der Waals surface area contributed by atoms with Crippen LogP contribution in [0.5, 0.6) is 0 Å². The Kier molecular flexibility index (Phi) is 5.43. The Morgan fingerprint density at radius 3 is 2.57 bits per heavy atom. The van der Waals surface area contributed by atoms with Crippen LogP contribution < -0.4 is 5.32 Å². The number of aryl methyl sites for hydroxylation is 1. The van der Waals surface area contributed by atoms with Crippen LogP contribution in [0.2, 0.25) is 0 Å². The van der Waals surface area contributed by atoms with Crippen LogP contribution in [0.1, 0.15) is 28.8 Å². The van der Waals surface area contributed by atoms with Crippen molar-refractivity contribution < 1.29 is 9.59 Å². The minimum atomic E-state index is -0.875. The van der Waals surface area contributed by atoms with Crippen molar-refractivity contribution in [3.8, 4) is 0 Å². The molecule has 0 saturated carbocycles. The molecule has 1 aromatic heterocycles. The van der Waals surface area contributed by atoms with Crippen LogP contribution in [0.25, 0.3) is 0 Å². The molecule has 2 aromatic rings. The van der Waals surface area contributed by atoms with E-state index in [1.807, 2.05) is 18.2 Å². The fourth-order valence-electron chi connectivity index (χ4n) is 4.89. The Morgan fingerprint density at radius 2 is 1.80 bits per heavy atom. The van der Waals surface area contributed by atoms with E-state index in [-0.39, 0.29) is 11.9 Å². The molecule has 1 N–H and O–H groups in total. The molecule has 2 aliphatic heterocycles. The number of hydrogen-bond acceptors (Lipinski definition) is 5. The van der Waals surface area contributed by atoms with Crippen molar-refractivity contribution in [3.05, 3.63) is 56.2 Å². The molecule has 5 rings (SSSR count). The number of amides is 3. The summed E-state index contributed by atoms with van der Waals surface area (Å²) in [6, 6.07) is 12.0. The summed E-state index contributed by atoms with van der Waals surface area (Å²) in [5.41, 5.74) is 1.28. The van der Waals surface area contributed by atoms with Crippen molar-refractivity contribution in [2.24, 2.45) is 0 Å². The quantitative estimate of drug-likeness (QED) is 0.670. The van der Waals surface area contributed by atoms with Gasteiger partial charge in [-0.25, -0.2) is 9.69 Å². The predicted molar refractivity (Wildman–Crippen MR) is 120 cm³/mol. The number of carbonyl (C=O) groups is 2. The number of rotatable bonds is 4. The number of benzene rings is 1. The van der Waals surface area contributed by atoms with Gasteiger partial charge < -0.3 is 5.32 Å². The lowest BCUT2D eigenvalue weighted by Crippen LogP contribution is -2.51. The van der Waals surface area contributed by atoms with Crippen molar-refractivity contribution in [2.45, 2.75) is 31.3 Å². The van der Waals surface area contributed by atoms with E-state index >= 15 is 0 Å². The van der Waals surface area contributed by atoms with E-state index in [1.54, 1.807) is 11.3 Å². The first-order valence-electron chi connectivity index (χ1n) is 10.5. The molecule has 30 heavy (non-hydrogen) atoms. The third-order valence-corrected chi connectivity index (χ3v) is 8.07. The number of nitrogens with one attached hydrogen (secondary N) is 1. The minimum Gasteiger partial charge on any atom is -0.319 e. The first-order valence-corrected chi connectivity index (χ1v) is 12.1. The van der Waals surface area contributed by atoms with Crippen LogP contribution in [-0.2, 0) is 23.3 Å². The predicted octanol–water partition coefficient (Wildman–Crippen LogP) is 3.37. The Balaban J connectivity index is 1.24. The lowest BCUT2D eigenvalue weighted by Gasteiger charge is -2.36. The summed E-state index contributed by atoms with van der Waals surface area (Å²) >= 11 is 5.29. The molecule has 1 atom stereocenters. The second-order valence-corrected chi connectivity index (χ2v) is 10.9. The third-order valence-electron chi connectivity index (χ3n) is 6.47. The molecule has 0 unspecified atom stereocenters. The van der Waals surface area contributed by atoms with Gasteiger partial charge in [0.25, 0.3) is 5.91 Å². The molecule has 2 fully saturated rings. The molecule has 1 aromatic carbocycles. The van der Waals surface area contributed by atoms with Gasteiger partial charge in [-0.15, -0.1) is 11.3 Å². The smallest absolute Gasteiger partial charge is 0.319 e. The molecule has 8 heteroatoms. The second kappa shape index (κ2) is 8.07. The van der Waals surface area contributed by atoms with Gasteiger partial charge in [-0.3, -0.25) is 14.6 Å². The van der Waals surface area contributed by atoms with Crippen LogP contribution in [0, 0.1) is 0 Å². The van der Waals surface area contributed by atoms with Gasteiger partial charge in [0.2, 0.25) is 0 Å². The SMILES string of the molecule is O=C1N[C@@]2(CCCc3ccccc32)C(=O)N1CN1CCN(Cc2ccc(Br)s2)CC1. The van der Waals surface area contributed by atoms with Gasteiger partial charge in [0, 0.05) is 37.6 Å². The van der Waals surface area contributed by atoms with Crippen LogP contribution in [-0.4, -0.2) is 59.5 Å². The average molecular weight is 489 g/mol. The Labute approximate surface area is 189 Å². The highest BCUT2D eigenvalue weighted by molar-refractivity contribution is 9.11. The van der Waals surface area contributed by atoms with Crippen LogP contribution in [0.3, 0.4) is 0 Å². The molecule has 1 spiro atoms. The van der Waals surface area contributed by atoms with Crippen molar-refractivity contribution in [2.75, 3.05) is 32.8 Å². The standard InChI is InChI=1S/C22H25BrN4O2S/c23-19-8-7-17(30-19)14-25-10-12-26(13-11-25)15-27-20(28)22(24-21(27)29)9-3-5-16-4-1-2-6-18(16)22/h1-2,4,6-8H,3,5,9-15H2,(H,24,29)/t22-/m1/s1. The number of fused-ring (bicyclic) bond motifs is 2. The van der Waals surface area contributed by atoms with Crippen LogP contribution >= 0.6 is 27.3 Å². The maximum Gasteiger partial charge on any atom is 0.326 e. The topological polar surface area (TPSA) is 55.9 Å². The van der Waals surface area contributed by atoms with Gasteiger partial charge in [0.1, 0.15) is 5.54 Å². The first kappa shape index (κ1) is 20.2. The highest BCUT2D eigenvalue weighted by atomic mass is 79.9. The fraction of sp³-hybridized carbons (Fsp3) is 0.455. The van der Waals surface area contributed by atoms with E-state index in [0.717, 1.165) is 54.9 Å².